The SMILES string of the molecule is c1ccc(-c2ccc(-c3nc(-n4c5ccccc5c5c6c7c8ccccc8ccc7n7c8ccccc8c(cc54)c67)nc4sc5ccccc5c34)cc2)cc1. The van der Waals surface area contributed by atoms with Crippen molar-refractivity contribution in [3.8, 4) is 28.3 Å². The fourth-order valence-corrected chi connectivity index (χ4v) is 10.4. The standard InChI is InChI=1S/C50H28N4S/c1-2-12-29(13-3-1)30-22-24-32(25-23-30)47-45-36-18-8-11-21-42(36)55-49(45)52-50(51-47)54-39-20-10-7-17-35(39)44-41(54)28-37-34-16-6-9-19-38(34)53-40-27-26-31-14-4-5-15-33(31)43(40)46(44)48(37)53/h1-28H. The second-order valence-corrected chi connectivity index (χ2v) is 15.6. The Labute approximate surface area is 318 Å². The molecule has 0 fully saturated rings. The number of para-hydroxylation sites is 2. The van der Waals surface area contributed by atoms with Crippen LogP contribution in [0.1, 0.15) is 0 Å². The fraction of sp³-hybridized carbons (Fsp3) is 0. The molecule has 5 aromatic heterocycles. The number of aromatic nitrogens is 4. The summed E-state index contributed by atoms with van der Waals surface area (Å²) in [6.45, 7) is 0. The fourth-order valence-electron chi connectivity index (χ4n) is 9.36. The topological polar surface area (TPSA) is 35.1 Å². The molecular weight excluding hydrogens is 689 g/mol. The Morgan fingerprint density at radius 1 is 0.400 bits per heavy atom. The monoisotopic (exact) mass is 716 g/mol. The summed E-state index contributed by atoms with van der Waals surface area (Å²) in [5, 5.41) is 12.3. The van der Waals surface area contributed by atoms with Gasteiger partial charge in [0, 0.05) is 53.4 Å². The normalized spacial score (nSPS) is 12.4. The van der Waals surface area contributed by atoms with E-state index in [0.717, 1.165) is 32.5 Å². The zero-order valence-corrected chi connectivity index (χ0v) is 30.2. The maximum absolute atomic E-state index is 5.58. The van der Waals surface area contributed by atoms with Gasteiger partial charge in [-0.05, 0) is 52.2 Å². The Balaban J connectivity index is 1.19. The molecule has 0 saturated heterocycles. The number of fused-ring (bicyclic) bond motifs is 15. The van der Waals surface area contributed by atoms with Gasteiger partial charge in [0.1, 0.15) is 4.83 Å². The van der Waals surface area contributed by atoms with Gasteiger partial charge in [0.2, 0.25) is 5.95 Å². The second-order valence-electron chi connectivity index (χ2n) is 14.5. The lowest BCUT2D eigenvalue weighted by atomic mass is 9.98. The predicted octanol–water partition coefficient (Wildman–Crippen LogP) is 13.6. The van der Waals surface area contributed by atoms with Gasteiger partial charge in [0.25, 0.3) is 0 Å². The summed E-state index contributed by atoms with van der Waals surface area (Å²) in [4.78, 5) is 12.0. The summed E-state index contributed by atoms with van der Waals surface area (Å²) in [6.07, 6.45) is 0. The van der Waals surface area contributed by atoms with Crippen LogP contribution in [0.15, 0.2) is 170 Å². The third kappa shape index (κ3) is 3.89. The molecule has 0 N–H and O–H groups in total. The van der Waals surface area contributed by atoms with E-state index in [9.17, 15) is 0 Å². The van der Waals surface area contributed by atoms with E-state index in [4.69, 9.17) is 9.97 Å². The lowest BCUT2D eigenvalue weighted by Gasteiger charge is -2.11. The highest BCUT2D eigenvalue weighted by Crippen LogP contribution is 2.48. The maximum atomic E-state index is 5.58. The highest BCUT2D eigenvalue weighted by atomic mass is 32.1. The van der Waals surface area contributed by atoms with Crippen LogP contribution in [0.2, 0.25) is 0 Å². The van der Waals surface area contributed by atoms with Crippen LogP contribution in [0.25, 0.3) is 119 Å². The van der Waals surface area contributed by atoms with E-state index in [0.29, 0.717) is 5.95 Å². The minimum Gasteiger partial charge on any atom is -0.308 e. The molecule has 0 unspecified atom stereocenters. The Hall–Kier alpha value is -7.08. The van der Waals surface area contributed by atoms with Gasteiger partial charge in [-0.3, -0.25) is 4.57 Å². The highest BCUT2D eigenvalue weighted by molar-refractivity contribution is 7.25. The van der Waals surface area contributed by atoms with Crippen molar-refractivity contribution in [1.29, 1.82) is 0 Å². The molecular formula is C50H28N4S. The van der Waals surface area contributed by atoms with Gasteiger partial charge in [-0.2, -0.15) is 0 Å². The predicted molar refractivity (Wildman–Crippen MR) is 232 cm³/mol. The van der Waals surface area contributed by atoms with Gasteiger partial charge in [0.15, 0.2) is 0 Å². The maximum Gasteiger partial charge on any atom is 0.236 e. The third-order valence-corrected chi connectivity index (χ3v) is 12.7. The van der Waals surface area contributed by atoms with Gasteiger partial charge < -0.3 is 4.40 Å². The van der Waals surface area contributed by atoms with Crippen LogP contribution in [0.3, 0.4) is 0 Å². The van der Waals surface area contributed by atoms with Crippen LogP contribution in [0.4, 0.5) is 0 Å². The van der Waals surface area contributed by atoms with E-state index >= 15 is 0 Å². The van der Waals surface area contributed by atoms with Crippen molar-refractivity contribution in [3.05, 3.63) is 170 Å². The van der Waals surface area contributed by atoms with Crippen molar-refractivity contribution in [3.63, 3.8) is 0 Å². The molecule has 0 bridgehead atoms. The minimum absolute atomic E-state index is 0.679. The Morgan fingerprint density at radius 2 is 1.05 bits per heavy atom. The smallest absolute Gasteiger partial charge is 0.236 e. The van der Waals surface area contributed by atoms with Crippen molar-refractivity contribution in [2.45, 2.75) is 0 Å². The summed E-state index contributed by atoms with van der Waals surface area (Å²) in [6, 6.07) is 61.4. The highest BCUT2D eigenvalue weighted by Gasteiger charge is 2.26. The first-order valence-electron chi connectivity index (χ1n) is 18.7. The number of nitrogens with zero attached hydrogens (tertiary/aromatic N) is 4. The van der Waals surface area contributed by atoms with Crippen LogP contribution in [-0.4, -0.2) is 18.9 Å². The molecule has 55 heavy (non-hydrogen) atoms. The van der Waals surface area contributed by atoms with Gasteiger partial charge in [0.05, 0.1) is 33.3 Å². The van der Waals surface area contributed by atoms with Crippen molar-refractivity contribution in [2.24, 2.45) is 0 Å². The van der Waals surface area contributed by atoms with E-state index in [1.54, 1.807) is 11.3 Å². The zero-order chi connectivity index (χ0) is 35.8. The zero-order valence-electron chi connectivity index (χ0n) is 29.4. The quantitative estimate of drug-likeness (QED) is 0.182. The molecule has 5 heterocycles. The molecule has 0 aliphatic rings. The van der Waals surface area contributed by atoms with Gasteiger partial charge in [-0.15, -0.1) is 11.3 Å². The number of thiophene rings is 1. The van der Waals surface area contributed by atoms with Gasteiger partial charge in [-0.25, -0.2) is 9.97 Å². The largest absolute Gasteiger partial charge is 0.308 e. The third-order valence-electron chi connectivity index (χ3n) is 11.7. The van der Waals surface area contributed by atoms with Crippen LogP contribution < -0.4 is 0 Å². The van der Waals surface area contributed by atoms with E-state index in [-0.39, 0.29) is 0 Å². The lowest BCUT2D eigenvalue weighted by Crippen LogP contribution is -2.02. The summed E-state index contributed by atoms with van der Waals surface area (Å²) in [5.74, 6) is 0.679. The van der Waals surface area contributed by atoms with E-state index in [1.165, 1.54) is 80.9 Å². The van der Waals surface area contributed by atoms with Gasteiger partial charge >= 0.3 is 0 Å². The first-order chi connectivity index (χ1) is 27.3. The van der Waals surface area contributed by atoms with Crippen molar-refractivity contribution in [1.82, 2.24) is 18.9 Å². The summed E-state index contributed by atoms with van der Waals surface area (Å²) < 4.78 is 6.02. The molecule has 4 nitrogen and oxygen atoms in total. The Morgan fingerprint density at radius 3 is 1.91 bits per heavy atom. The Bertz CT molecular complexity index is 3700. The summed E-state index contributed by atoms with van der Waals surface area (Å²) in [5.41, 5.74) is 10.3. The molecule has 0 radical (unpaired) electrons. The Kier molecular flexibility index (Phi) is 5.74. The number of benzene rings is 8. The van der Waals surface area contributed by atoms with Crippen molar-refractivity contribution < 1.29 is 0 Å². The minimum atomic E-state index is 0.679. The number of hydrogen-bond acceptors (Lipinski definition) is 3. The van der Waals surface area contributed by atoms with Crippen molar-refractivity contribution in [2.75, 3.05) is 0 Å². The van der Waals surface area contributed by atoms with E-state index < -0.39 is 0 Å². The van der Waals surface area contributed by atoms with E-state index in [2.05, 4.69) is 179 Å². The van der Waals surface area contributed by atoms with Crippen LogP contribution in [-0.2, 0) is 0 Å². The average molecular weight is 717 g/mol. The summed E-state index contributed by atoms with van der Waals surface area (Å²) >= 11 is 1.74. The van der Waals surface area contributed by atoms with Crippen LogP contribution in [0, 0.1) is 0 Å². The first kappa shape index (κ1) is 29.4. The molecule has 0 saturated carbocycles. The molecule has 254 valence electrons. The van der Waals surface area contributed by atoms with Gasteiger partial charge in [-0.1, -0.05) is 140 Å². The van der Waals surface area contributed by atoms with Crippen molar-refractivity contribution >= 4 is 102 Å². The van der Waals surface area contributed by atoms with Crippen LogP contribution in [0.5, 0.6) is 0 Å². The molecule has 0 aliphatic carbocycles. The molecule has 0 spiro atoms. The molecule has 13 rings (SSSR count). The van der Waals surface area contributed by atoms with Crippen LogP contribution >= 0.6 is 11.3 Å². The molecule has 0 atom stereocenters. The molecule has 13 aromatic rings. The average Bonchev–Trinajstić information content (AvgIpc) is 3.99. The first-order valence-corrected chi connectivity index (χ1v) is 19.5. The lowest BCUT2D eigenvalue weighted by molar-refractivity contribution is 1.02. The second kappa shape index (κ2) is 10.8. The number of rotatable bonds is 3. The number of hydrogen-bond donors (Lipinski definition) is 0. The summed E-state index contributed by atoms with van der Waals surface area (Å²) in [7, 11) is 0. The molecule has 8 aromatic carbocycles. The molecule has 5 heteroatoms. The molecule has 0 amide bonds. The van der Waals surface area contributed by atoms with E-state index in [1.807, 2.05) is 0 Å². The molecule has 0 aliphatic heterocycles.